The minimum atomic E-state index is -0.330. The van der Waals surface area contributed by atoms with Gasteiger partial charge in [-0.25, -0.2) is 0 Å². The highest BCUT2D eigenvalue weighted by Crippen LogP contribution is 2.21. The number of piperazine rings is 1. The smallest absolute Gasteiger partial charge is 0.257 e. The second-order valence-corrected chi connectivity index (χ2v) is 8.82. The Balaban J connectivity index is 1.27. The van der Waals surface area contributed by atoms with Gasteiger partial charge in [-0.15, -0.1) is 0 Å². The number of benzene rings is 3. The van der Waals surface area contributed by atoms with Gasteiger partial charge in [0.2, 0.25) is 0 Å². The molecule has 1 fully saturated rings. The lowest BCUT2D eigenvalue weighted by atomic mass is 10.1. The molecule has 9 heteroatoms. The highest BCUT2D eigenvalue weighted by atomic mass is 35.5. The maximum Gasteiger partial charge on any atom is 0.257 e. The fraction of sp³-hybridized carbons (Fsp3) is 0.192. The van der Waals surface area contributed by atoms with Crippen LogP contribution < -0.4 is 20.3 Å². The second kappa shape index (κ2) is 11.2. The summed E-state index contributed by atoms with van der Waals surface area (Å²) >= 11 is 11.2. The number of nitrogens with one attached hydrogen (secondary N) is 2. The molecule has 0 bridgehead atoms. The largest absolute Gasteiger partial charge is 0.497 e. The van der Waals surface area contributed by atoms with Gasteiger partial charge in [-0.05, 0) is 78.9 Å². The van der Waals surface area contributed by atoms with Gasteiger partial charge in [0.1, 0.15) is 5.75 Å². The average Bonchev–Trinajstić information content (AvgIpc) is 2.89. The number of hydrogen-bond acceptors (Lipinski definition) is 5. The van der Waals surface area contributed by atoms with Crippen molar-refractivity contribution in [1.82, 2.24) is 10.2 Å². The van der Waals surface area contributed by atoms with E-state index in [2.05, 4.69) is 15.5 Å². The quantitative estimate of drug-likeness (QED) is 0.496. The highest BCUT2D eigenvalue weighted by Gasteiger charge is 2.22. The van der Waals surface area contributed by atoms with Crippen LogP contribution in [-0.2, 0) is 0 Å². The monoisotopic (exact) mass is 508 g/mol. The summed E-state index contributed by atoms with van der Waals surface area (Å²) in [5.74, 6) is 0.428. The molecule has 1 saturated heterocycles. The van der Waals surface area contributed by atoms with E-state index >= 15 is 0 Å². The molecule has 180 valence electrons. The van der Waals surface area contributed by atoms with Gasteiger partial charge in [-0.1, -0.05) is 17.7 Å². The van der Waals surface area contributed by atoms with Gasteiger partial charge in [-0.3, -0.25) is 14.9 Å². The third-order valence-corrected chi connectivity index (χ3v) is 6.15. The Bertz CT molecular complexity index is 1210. The Hall–Kier alpha value is -3.62. The molecule has 1 aliphatic heterocycles. The molecule has 35 heavy (non-hydrogen) atoms. The summed E-state index contributed by atoms with van der Waals surface area (Å²) in [6.07, 6.45) is 0. The number of methoxy groups -OCH3 is 1. The van der Waals surface area contributed by atoms with E-state index in [1.807, 2.05) is 29.2 Å². The van der Waals surface area contributed by atoms with Crippen LogP contribution in [0.5, 0.6) is 5.75 Å². The summed E-state index contributed by atoms with van der Waals surface area (Å²) in [5, 5.41) is 6.36. The number of carbonyl (C=O) groups is 2. The molecule has 0 aliphatic carbocycles. The Kier molecular flexibility index (Phi) is 7.84. The van der Waals surface area contributed by atoms with Gasteiger partial charge in [0.05, 0.1) is 7.11 Å². The topological polar surface area (TPSA) is 73.9 Å². The number of amides is 2. The van der Waals surface area contributed by atoms with Crippen LogP contribution in [0.1, 0.15) is 20.7 Å². The molecule has 3 aromatic rings. The predicted molar refractivity (Wildman–Crippen MR) is 143 cm³/mol. The highest BCUT2D eigenvalue weighted by molar-refractivity contribution is 7.80. The number of halogens is 1. The number of ether oxygens (including phenoxy) is 1. The van der Waals surface area contributed by atoms with Crippen molar-refractivity contribution < 1.29 is 14.3 Å². The molecule has 0 unspecified atom stereocenters. The standard InChI is InChI=1S/C26H25ClN4O3S/c1-34-23-11-5-18(6-12-23)25(33)31-15-13-30(14-16-31)22-9-7-21(8-10-22)28-26(35)29-24(32)19-3-2-4-20(27)17-19/h2-12,17H,13-16H2,1H3,(H2,28,29,32,35). The van der Waals surface area contributed by atoms with Crippen LogP contribution in [0.3, 0.4) is 0 Å². The van der Waals surface area contributed by atoms with Crippen molar-refractivity contribution in [2.24, 2.45) is 0 Å². The maximum atomic E-state index is 12.8. The van der Waals surface area contributed by atoms with E-state index in [0.717, 1.165) is 30.2 Å². The number of nitrogens with zero attached hydrogens (tertiary/aromatic N) is 2. The molecule has 2 amide bonds. The molecule has 0 radical (unpaired) electrons. The average molecular weight is 509 g/mol. The van der Waals surface area contributed by atoms with E-state index in [0.29, 0.717) is 29.2 Å². The molecule has 0 saturated carbocycles. The molecule has 0 atom stereocenters. The predicted octanol–water partition coefficient (Wildman–Crippen LogP) is 4.44. The molecule has 0 spiro atoms. The minimum absolute atomic E-state index is 0.0279. The first kappa shape index (κ1) is 24.5. The lowest BCUT2D eigenvalue weighted by molar-refractivity contribution is 0.0746. The van der Waals surface area contributed by atoms with Crippen molar-refractivity contribution in [2.75, 3.05) is 43.5 Å². The van der Waals surface area contributed by atoms with Crippen LogP contribution in [-0.4, -0.2) is 55.1 Å². The van der Waals surface area contributed by atoms with Crippen molar-refractivity contribution in [3.8, 4) is 5.75 Å². The van der Waals surface area contributed by atoms with Crippen LogP contribution in [0, 0.1) is 0 Å². The van der Waals surface area contributed by atoms with Crippen LogP contribution in [0.4, 0.5) is 11.4 Å². The molecule has 7 nitrogen and oxygen atoms in total. The molecule has 1 aliphatic rings. The molecule has 4 rings (SSSR count). The van der Waals surface area contributed by atoms with Gasteiger partial charge in [0, 0.05) is 53.7 Å². The van der Waals surface area contributed by atoms with Crippen LogP contribution >= 0.6 is 23.8 Å². The second-order valence-electron chi connectivity index (χ2n) is 7.97. The van der Waals surface area contributed by atoms with E-state index in [1.165, 1.54) is 0 Å². The van der Waals surface area contributed by atoms with E-state index in [-0.39, 0.29) is 16.9 Å². The zero-order valence-electron chi connectivity index (χ0n) is 19.2. The Morgan fingerprint density at radius 3 is 2.23 bits per heavy atom. The first-order chi connectivity index (χ1) is 16.9. The van der Waals surface area contributed by atoms with E-state index in [9.17, 15) is 9.59 Å². The molecular formula is C26H25ClN4O3S. The summed E-state index contributed by atoms with van der Waals surface area (Å²) in [6.45, 7) is 2.76. The zero-order valence-corrected chi connectivity index (χ0v) is 20.7. The summed E-state index contributed by atoms with van der Waals surface area (Å²) in [5.41, 5.74) is 2.91. The number of thiocarbonyl (C=S) groups is 1. The third kappa shape index (κ3) is 6.29. The minimum Gasteiger partial charge on any atom is -0.497 e. The summed E-state index contributed by atoms with van der Waals surface area (Å²) < 4.78 is 5.16. The van der Waals surface area contributed by atoms with Crippen molar-refractivity contribution in [3.05, 3.63) is 88.9 Å². The first-order valence-electron chi connectivity index (χ1n) is 11.1. The number of anilines is 2. The van der Waals surface area contributed by atoms with Gasteiger partial charge in [0.25, 0.3) is 11.8 Å². The molecule has 2 N–H and O–H groups in total. The fourth-order valence-electron chi connectivity index (χ4n) is 3.81. The van der Waals surface area contributed by atoms with Crippen LogP contribution in [0.15, 0.2) is 72.8 Å². The molecule has 3 aromatic carbocycles. The summed E-state index contributed by atoms with van der Waals surface area (Å²) in [7, 11) is 1.60. The maximum absolute atomic E-state index is 12.8. The zero-order chi connectivity index (χ0) is 24.8. The van der Waals surface area contributed by atoms with Crippen molar-refractivity contribution in [3.63, 3.8) is 0 Å². The number of rotatable bonds is 5. The van der Waals surface area contributed by atoms with Crippen LogP contribution in [0.2, 0.25) is 5.02 Å². The summed E-state index contributed by atoms with van der Waals surface area (Å²) in [4.78, 5) is 29.2. The fourth-order valence-corrected chi connectivity index (χ4v) is 4.21. The van der Waals surface area contributed by atoms with Gasteiger partial charge in [-0.2, -0.15) is 0 Å². The molecular weight excluding hydrogens is 484 g/mol. The number of hydrogen-bond donors (Lipinski definition) is 2. The third-order valence-electron chi connectivity index (χ3n) is 5.71. The SMILES string of the molecule is COc1ccc(C(=O)N2CCN(c3ccc(NC(=S)NC(=O)c4cccc(Cl)c4)cc3)CC2)cc1. The molecule has 1 heterocycles. The summed E-state index contributed by atoms with van der Waals surface area (Å²) in [6, 6.07) is 21.6. The van der Waals surface area contributed by atoms with Gasteiger partial charge < -0.3 is 19.9 Å². The van der Waals surface area contributed by atoms with E-state index in [4.69, 9.17) is 28.6 Å². The van der Waals surface area contributed by atoms with E-state index < -0.39 is 0 Å². The first-order valence-corrected chi connectivity index (χ1v) is 11.9. The van der Waals surface area contributed by atoms with Crippen molar-refractivity contribution >= 4 is 52.1 Å². The van der Waals surface area contributed by atoms with Crippen LogP contribution in [0.25, 0.3) is 0 Å². The lowest BCUT2D eigenvalue weighted by Gasteiger charge is -2.36. The normalized spacial score (nSPS) is 13.2. The lowest BCUT2D eigenvalue weighted by Crippen LogP contribution is -2.48. The van der Waals surface area contributed by atoms with Gasteiger partial charge in [0.15, 0.2) is 5.11 Å². The van der Waals surface area contributed by atoms with Crippen molar-refractivity contribution in [1.29, 1.82) is 0 Å². The van der Waals surface area contributed by atoms with Gasteiger partial charge >= 0.3 is 0 Å². The Labute approximate surface area is 214 Å². The van der Waals surface area contributed by atoms with E-state index in [1.54, 1.807) is 55.6 Å². The van der Waals surface area contributed by atoms with Crippen molar-refractivity contribution in [2.45, 2.75) is 0 Å². The Morgan fingerprint density at radius 2 is 1.60 bits per heavy atom. The Morgan fingerprint density at radius 1 is 0.914 bits per heavy atom. The molecule has 0 aromatic heterocycles. The number of carbonyl (C=O) groups excluding carboxylic acids is 2.